The summed E-state index contributed by atoms with van der Waals surface area (Å²) in [5, 5.41) is 0.104. The van der Waals surface area contributed by atoms with Gasteiger partial charge >= 0.3 is 0 Å². The van der Waals surface area contributed by atoms with Gasteiger partial charge in [0.05, 0.1) is 5.92 Å². The Morgan fingerprint density at radius 2 is 2.12 bits per heavy atom. The van der Waals surface area contributed by atoms with Crippen LogP contribution in [0.3, 0.4) is 0 Å². The first kappa shape index (κ1) is 17.1. The highest BCUT2D eigenvalue weighted by Gasteiger charge is 2.35. The Morgan fingerprint density at radius 3 is 2.85 bits per heavy atom. The summed E-state index contributed by atoms with van der Waals surface area (Å²) in [6, 6.07) is 10.8. The van der Waals surface area contributed by atoms with E-state index < -0.39 is 11.2 Å². The molecule has 1 aliphatic rings. The molecule has 2 aromatic carbocycles. The normalized spacial score (nSPS) is 17.3. The van der Waals surface area contributed by atoms with E-state index in [-0.39, 0.29) is 18.9 Å². The molecule has 0 radical (unpaired) electrons. The third kappa shape index (κ3) is 2.87. The van der Waals surface area contributed by atoms with Crippen LogP contribution in [0.1, 0.15) is 12.0 Å². The number of nitrogens with zero attached hydrogens (tertiary/aromatic N) is 2. The Balaban J connectivity index is 1.76. The first-order valence-electron chi connectivity index (χ1n) is 8.10. The minimum Gasteiger partial charge on any atom is -0.436 e. The van der Waals surface area contributed by atoms with Crippen molar-refractivity contribution in [1.29, 1.82) is 0 Å². The fourth-order valence-electron chi connectivity index (χ4n) is 3.26. The minimum atomic E-state index is -0.481. The quantitative estimate of drug-likeness (QED) is 0.616. The number of rotatable bonds is 3. The number of aromatic nitrogens is 1. The van der Waals surface area contributed by atoms with E-state index in [2.05, 4.69) is 4.98 Å². The Hall–Kier alpha value is -2.37. The van der Waals surface area contributed by atoms with Crippen LogP contribution < -0.4 is 4.90 Å². The molecule has 1 amide bonds. The lowest BCUT2D eigenvalue weighted by atomic mass is 10.1. The molecule has 1 fully saturated rings. The highest BCUT2D eigenvalue weighted by molar-refractivity contribution is 6.64. The van der Waals surface area contributed by atoms with E-state index in [9.17, 15) is 9.59 Å². The van der Waals surface area contributed by atoms with Crippen molar-refractivity contribution in [3.8, 4) is 11.5 Å². The maximum absolute atomic E-state index is 12.3. The lowest BCUT2D eigenvalue weighted by Gasteiger charge is -2.20. The summed E-state index contributed by atoms with van der Waals surface area (Å²) in [6.45, 7) is 2.18. The summed E-state index contributed by atoms with van der Waals surface area (Å²) in [5.74, 6) is -0.134. The molecular formula is C19H14Cl2N2O3. The number of halogens is 2. The molecule has 1 aliphatic heterocycles. The molecule has 5 nitrogen and oxygen atoms in total. The number of hydrogen-bond donors (Lipinski definition) is 0. The number of carbonyl (C=O) groups excluding carboxylic acids is 2. The maximum Gasteiger partial charge on any atom is 0.227 e. The Bertz CT molecular complexity index is 1040. The molecule has 0 spiro atoms. The molecule has 0 N–H and O–H groups in total. The average Bonchev–Trinajstić information content (AvgIpc) is 3.18. The molecule has 0 unspecified atom stereocenters. The van der Waals surface area contributed by atoms with Gasteiger partial charge in [0, 0.05) is 29.2 Å². The SMILES string of the molecule is Cc1c(-c2nc3cc(Cl)ccc3o2)cccc1N1C[C@H](C(=O)Cl)CC1=O. The molecule has 1 aromatic heterocycles. The number of carbonyl (C=O) groups is 2. The number of hydrogen-bond acceptors (Lipinski definition) is 4. The Labute approximate surface area is 159 Å². The third-order valence-corrected chi connectivity index (χ3v) is 5.17. The van der Waals surface area contributed by atoms with Crippen LogP contribution in [-0.4, -0.2) is 22.7 Å². The molecule has 1 atom stereocenters. The third-order valence-electron chi connectivity index (χ3n) is 4.62. The van der Waals surface area contributed by atoms with Crippen LogP contribution in [0.2, 0.25) is 5.02 Å². The Morgan fingerprint density at radius 1 is 1.31 bits per heavy atom. The fraction of sp³-hybridized carbons (Fsp3) is 0.211. The zero-order valence-electron chi connectivity index (χ0n) is 13.8. The van der Waals surface area contributed by atoms with E-state index in [1.54, 1.807) is 23.1 Å². The van der Waals surface area contributed by atoms with Crippen molar-refractivity contribution >= 4 is 51.1 Å². The van der Waals surface area contributed by atoms with Crippen LogP contribution in [0.4, 0.5) is 5.69 Å². The van der Waals surface area contributed by atoms with Crippen molar-refractivity contribution in [3.05, 3.63) is 47.0 Å². The number of amides is 1. The van der Waals surface area contributed by atoms with Crippen molar-refractivity contribution in [3.63, 3.8) is 0 Å². The highest BCUT2D eigenvalue weighted by Crippen LogP contribution is 2.35. The van der Waals surface area contributed by atoms with Gasteiger partial charge in [-0.2, -0.15) is 0 Å². The van der Waals surface area contributed by atoms with Gasteiger partial charge in [0.25, 0.3) is 0 Å². The van der Waals surface area contributed by atoms with Gasteiger partial charge in [0.1, 0.15) is 5.52 Å². The van der Waals surface area contributed by atoms with Gasteiger partial charge in [0.15, 0.2) is 5.58 Å². The summed E-state index contributed by atoms with van der Waals surface area (Å²) in [6.07, 6.45) is 0.132. The molecule has 132 valence electrons. The molecule has 0 saturated carbocycles. The second-order valence-corrected chi connectivity index (χ2v) is 7.10. The summed E-state index contributed by atoms with van der Waals surface area (Å²) < 4.78 is 5.85. The van der Waals surface area contributed by atoms with Crippen molar-refractivity contribution < 1.29 is 14.0 Å². The van der Waals surface area contributed by atoms with Crippen molar-refractivity contribution in [2.24, 2.45) is 5.92 Å². The average molecular weight is 389 g/mol. The van der Waals surface area contributed by atoms with Gasteiger partial charge in [0.2, 0.25) is 17.0 Å². The molecule has 2 heterocycles. The van der Waals surface area contributed by atoms with Gasteiger partial charge in [-0.3, -0.25) is 9.59 Å². The fourth-order valence-corrected chi connectivity index (χ4v) is 3.57. The van der Waals surface area contributed by atoms with Gasteiger partial charge in [-0.05, 0) is 54.4 Å². The summed E-state index contributed by atoms with van der Waals surface area (Å²) >= 11 is 11.6. The lowest BCUT2D eigenvalue weighted by Crippen LogP contribution is -2.26. The van der Waals surface area contributed by atoms with Gasteiger partial charge in [-0.15, -0.1) is 0 Å². The van der Waals surface area contributed by atoms with Crippen molar-refractivity contribution in [2.45, 2.75) is 13.3 Å². The first-order valence-corrected chi connectivity index (χ1v) is 8.85. The lowest BCUT2D eigenvalue weighted by molar-refractivity contribution is -0.120. The maximum atomic E-state index is 12.3. The van der Waals surface area contributed by atoms with Gasteiger partial charge in [-0.1, -0.05) is 17.7 Å². The summed E-state index contributed by atoms with van der Waals surface area (Å²) in [4.78, 5) is 29.9. The minimum absolute atomic E-state index is 0.117. The molecule has 0 aliphatic carbocycles. The smallest absolute Gasteiger partial charge is 0.227 e. The van der Waals surface area contributed by atoms with Gasteiger partial charge in [-0.25, -0.2) is 4.98 Å². The van der Waals surface area contributed by atoms with E-state index in [0.717, 1.165) is 16.8 Å². The zero-order valence-corrected chi connectivity index (χ0v) is 15.3. The van der Waals surface area contributed by atoms with Gasteiger partial charge < -0.3 is 9.32 Å². The van der Waals surface area contributed by atoms with Crippen LogP contribution in [0.5, 0.6) is 0 Å². The topological polar surface area (TPSA) is 63.4 Å². The monoisotopic (exact) mass is 388 g/mol. The van der Waals surface area contributed by atoms with E-state index >= 15 is 0 Å². The number of benzene rings is 2. The molecular weight excluding hydrogens is 375 g/mol. The van der Waals surface area contributed by atoms with Crippen LogP contribution in [0.25, 0.3) is 22.6 Å². The molecule has 7 heteroatoms. The number of anilines is 1. The summed E-state index contributed by atoms with van der Waals surface area (Å²) in [5.41, 5.74) is 3.67. The number of oxazole rings is 1. The van der Waals surface area contributed by atoms with Crippen LogP contribution >= 0.6 is 23.2 Å². The highest BCUT2D eigenvalue weighted by atomic mass is 35.5. The Kier molecular flexibility index (Phi) is 4.21. The molecule has 1 saturated heterocycles. The molecule has 26 heavy (non-hydrogen) atoms. The molecule has 4 rings (SSSR count). The number of fused-ring (bicyclic) bond motifs is 1. The molecule has 0 bridgehead atoms. The zero-order chi connectivity index (χ0) is 18.4. The van der Waals surface area contributed by atoms with Crippen molar-refractivity contribution in [1.82, 2.24) is 4.98 Å². The van der Waals surface area contributed by atoms with Crippen LogP contribution in [-0.2, 0) is 9.59 Å². The predicted molar refractivity (Wildman–Crippen MR) is 101 cm³/mol. The second kappa shape index (κ2) is 6.41. The van der Waals surface area contributed by atoms with Crippen LogP contribution in [0, 0.1) is 12.8 Å². The van der Waals surface area contributed by atoms with E-state index in [0.29, 0.717) is 22.0 Å². The van der Waals surface area contributed by atoms with E-state index in [1.807, 2.05) is 25.1 Å². The van der Waals surface area contributed by atoms with Crippen LogP contribution in [0.15, 0.2) is 40.8 Å². The standard InChI is InChI=1S/C19H14Cl2N2O3/c1-10-13(19-22-14-8-12(20)5-6-16(14)26-19)3-2-4-15(10)23-9-11(18(21)25)7-17(23)24/h2-6,8,11H,7,9H2,1H3/t11-/m1/s1. The largest absolute Gasteiger partial charge is 0.436 e. The van der Waals surface area contributed by atoms with Crippen molar-refractivity contribution in [2.75, 3.05) is 11.4 Å². The summed E-state index contributed by atoms with van der Waals surface area (Å²) in [7, 11) is 0. The van der Waals surface area contributed by atoms with E-state index in [4.69, 9.17) is 27.6 Å². The predicted octanol–water partition coefficient (Wildman–Crippen LogP) is 4.57. The first-order chi connectivity index (χ1) is 12.4. The second-order valence-electron chi connectivity index (χ2n) is 6.29. The van der Waals surface area contributed by atoms with E-state index in [1.165, 1.54) is 0 Å². The molecule has 3 aromatic rings.